The van der Waals surface area contributed by atoms with Gasteiger partial charge >= 0.3 is 5.97 Å². The number of carbonyl (C=O) groups is 1. The van der Waals surface area contributed by atoms with Gasteiger partial charge in [0.25, 0.3) is 0 Å². The van der Waals surface area contributed by atoms with Crippen molar-refractivity contribution >= 4 is 64.0 Å². The molecule has 0 aliphatic carbocycles. The normalized spacial score (nSPS) is 10.7. The van der Waals surface area contributed by atoms with Gasteiger partial charge in [0.2, 0.25) is 0 Å². The zero-order chi connectivity index (χ0) is 16.6. The predicted octanol–water partition coefficient (Wildman–Crippen LogP) is 5.94. The van der Waals surface area contributed by atoms with Crippen molar-refractivity contribution in [3.63, 3.8) is 0 Å². The van der Waals surface area contributed by atoms with Crippen molar-refractivity contribution in [2.24, 2.45) is 0 Å². The lowest BCUT2D eigenvalue weighted by Gasteiger charge is -2.13. The molecule has 9 heteroatoms. The third kappa shape index (κ3) is 2.99. The minimum Gasteiger partial charge on any atom is -0.465 e. The van der Waals surface area contributed by atoms with Gasteiger partial charge in [-0.1, -0.05) is 58.0 Å². The Hall–Kier alpha value is -0.780. The number of ether oxygens (including phenoxy) is 1. The molecule has 2 rings (SSSR count). The Balaban J connectivity index is 2.70. The Morgan fingerprint density at radius 2 is 1.55 bits per heavy atom. The van der Waals surface area contributed by atoms with Crippen LogP contribution in [0.1, 0.15) is 10.4 Å². The van der Waals surface area contributed by atoms with Crippen LogP contribution in [-0.4, -0.2) is 18.1 Å². The van der Waals surface area contributed by atoms with Gasteiger partial charge < -0.3 is 4.74 Å². The van der Waals surface area contributed by atoms with Crippen molar-refractivity contribution in [1.29, 1.82) is 0 Å². The first-order valence-corrected chi connectivity index (χ1v) is 7.44. The first-order valence-electron chi connectivity index (χ1n) is 5.55. The molecule has 0 N–H and O–H groups in total. The molecule has 22 heavy (non-hydrogen) atoms. The molecule has 0 spiro atoms. The maximum atomic E-state index is 14.2. The van der Waals surface area contributed by atoms with Crippen molar-refractivity contribution in [3.8, 4) is 11.3 Å². The Kier molecular flexibility index (Phi) is 5.41. The van der Waals surface area contributed by atoms with Crippen molar-refractivity contribution in [2.75, 3.05) is 7.11 Å². The van der Waals surface area contributed by atoms with E-state index in [2.05, 4.69) is 9.72 Å². The van der Waals surface area contributed by atoms with E-state index in [1.165, 1.54) is 7.11 Å². The summed E-state index contributed by atoms with van der Waals surface area (Å²) in [6.45, 7) is 0. The monoisotopic (exact) mass is 401 g/mol. The van der Waals surface area contributed by atoms with E-state index in [0.717, 1.165) is 12.3 Å². The van der Waals surface area contributed by atoms with Gasteiger partial charge in [-0.3, -0.25) is 4.98 Å². The van der Waals surface area contributed by atoms with Gasteiger partial charge in [0.05, 0.1) is 37.8 Å². The van der Waals surface area contributed by atoms with Crippen molar-refractivity contribution in [2.45, 2.75) is 0 Å². The Morgan fingerprint density at radius 1 is 1.05 bits per heavy atom. The highest BCUT2D eigenvalue weighted by molar-refractivity contribution is 6.56. The van der Waals surface area contributed by atoms with Gasteiger partial charge in [0, 0.05) is 11.8 Å². The summed E-state index contributed by atoms with van der Waals surface area (Å²) in [6, 6.07) is 0.942. The van der Waals surface area contributed by atoms with Crippen LogP contribution >= 0.6 is 58.0 Å². The zero-order valence-electron chi connectivity index (χ0n) is 10.7. The fourth-order valence-corrected chi connectivity index (χ4v) is 2.98. The van der Waals surface area contributed by atoms with Crippen LogP contribution in [0.2, 0.25) is 25.1 Å². The molecule has 3 nitrogen and oxygen atoms in total. The fourth-order valence-electron chi connectivity index (χ4n) is 1.66. The summed E-state index contributed by atoms with van der Waals surface area (Å²) in [4.78, 5) is 15.2. The number of methoxy groups -OCH3 is 1. The quantitative estimate of drug-likeness (QED) is 0.354. The molecule has 0 radical (unpaired) electrons. The van der Waals surface area contributed by atoms with Gasteiger partial charge in [-0.2, -0.15) is 0 Å². The number of esters is 1. The maximum absolute atomic E-state index is 14.2. The second-order valence-electron chi connectivity index (χ2n) is 3.99. The van der Waals surface area contributed by atoms with Gasteiger partial charge in [-0.25, -0.2) is 9.18 Å². The summed E-state index contributed by atoms with van der Waals surface area (Å²) in [5.74, 6) is -1.58. The summed E-state index contributed by atoms with van der Waals surface area (Å²) in [5.41, 5.74) is -0.304. The Labute approximate surface area is 149 Å². The number of carbonyl (C=O) groups excluding carboxylic acids is 1. The van der Waals surface area contributed by atoms with Gasteiger partial charge in [-0.05, 0) is 6.07 Å². The standard InChI is InChI=1S/C13H5Cl5FNO2/c1-22-13(21)4-2-5(19)12(20-3-4)6-7(14)9(16)11(18)10(17)8(6)15/h2-3H,1H3. The average molecular weight is 403 g/mol. The van der Waals surface area contributed by atoms with Crippen LogP contribution in [0.15, 0.2) is 12.3 Å². The number of aromatic nitrogens is 1. The number of nitrogens with zero attached hydrogens (tertiary/aromatic N) is 1. The third-order valence-corrected chi connectivity index (χ3v) is 4.99. The molecule has 0 bridgehead atoms. The lowest BCUT2D eigenvalue weighted by atomic mass is 10.1. The van der Waals surface area contributed by atoms with Crippen LogP contribution in [0.4, 0.5) is 4.39 Å². The first-order chi connectivity index (χ1) is 10.3. The molecule has 2 aromatic rings. The van der Waals surface area contributed by atoms with E-state index in [-0.39, 0.29) is 41.9 Å². The van der Waals surface area contributed by atoms with E-state index in [1.807, 2.05) is 0 Å². The maximum Gasteiger partial charge on any atom is 0.339 e. The second-order valence-corrected chi connectivity index (χ2v) is 5.88. The number of benzene rings is 1. The smallest absolute Gasteiger partial charge is 0.339 e. The van der Waals surface area contributed by atoms with Crippen LogP contribution in [0.25, 0.3) is 11.3 Å². The molecule has 0 aliphatic rings. The summed E-state index contributed by atoms with van der Waals surface area (Å²) in [5, 5.41) is -0.401. The number of hydrogen-bond donors (Lipinski definition) is 0. The van der Waals surface area contributed by atoms with Crippen molar-refractivity contribution < 1.29 is 13.9 Å². The minimum absolute atomic E-state index is 0.0170. The lowest BCUT2D eigenvalue weighted by Crippen LogP contribution is -2.04. The SMILES string of the molecule is COC(=O)c1cnc(-c2c(Cl)c(Cl)c(Cl)c(Cl)c2Cl)c(F)c1. The minimum atomic E-state index is -0.846. The highest BCUT2D eigenvalue weighted by atomic mass is 35.5. The van der Waals surface area contributed by atoms with E-state index in [9.17, 15) is 9.18 Å². The van der Waals surface area contributed by atoms with E-state index < -0.39 is 11.8 Å². The number of hydrogen-bond acceptors (Lipinski definition) is 3. The van der Waals surface area contributed by atoms with E-state index in [1.54, 1.807) is 0 Å². The highest BCUT2D eigenvalue weighted by Crippen LogP contribution is 2.48. The molecular weight excluding hydrogens is 398 g/mol. The van der Waals surface area contributed by atoms with Gasteiger partial charge in [0.15, 0.2) is 0 Å². The number of pyridine rings is 1. The molecule has 0 fully saturated rings. The second kappa shape index (κ2) is 6.77. The summed E-state index contributed by atoms with van der Waals surface area (Å²) < 4.78 is 18.7. The molecule has 0 saturated carbocycles. The van der Waals surface area contributed by atoms with E-state index >= 15 is 0 Å². The van der Waals surface area contributed by atoms with E-state index in [4.69, 9.17) is 58.0 Å². The largest absolute Gasteiger partial charge is 0.465 e. The predicted molar refractivity (Wildman–Crippen MR) is 86.0 cm³/mol. The van der Waals surface area contributed by atoms with Crippen molar-refractivity contribution in [1.82, 2.24) is 4.98 Å². The highest BCUT2D eigenvalue weighted by Gasteiger charge is 2.24. The molecule has 0 amide bonds. The molecule has 1 aromatic carbocycles. The Morgan fingerprint density at radius 3 is 2.00 bits per heavy atom. The number of halogens is 6. The molecule has 116 valence electrons. The zero-order valence-corrected chi connectivity index (χ0v) is 14.5. The lowest BCUT2D eigenvalue weighted by molar-refractivity contribution is 0.0599. The summed E-state index contributed by atoms with van der Waals surface area (Å²) in [7, 11) is 1.17. The van der Waals surface area contributed by atoms with Crippen LogP contribution in [0, 0.1) is 5.82 Å². The summed E-state index contributed by atoms with van der Waals surface area (Å²) >= 11 is 29.8. The van der Waals surface area contributed by atoms with Crippen molar-refractivity contribution in [3.05, 3.63) is 48.8 Å². The topological polar surface area (TPSA) is 39.2 Å². The van der Waals surface area contributed by atoms with Gasteiger partial charge in [0.1, 0.15) is 11.5 Å². The van der Waals surface area contributed by atoms with Gasteiger partial charge in [-0.15, -0.1) is 0 Å². The van der Waals surface area contributed by atoms with Crippen LogP contribution in [-0.2, 0) is 4.74 Å². The van der Waals surface area contributed by atoms with Crippen LogP contribution in [0.3, 0.4) is 0 Å². The first kappa shape index (κ1) is 17.6. The molecule has 1 heterocycles. The molecular formula is C13H5Cl5FNO2. The van der Waals surface area contributed by atoms with Crippen LogP contribution in [0.5, 0.6) is 0 Å². The average Bonchev–Trinajstić information content (AvgIpc) is 2.51. The third-order valence-electron chi connectivity index (χ3n) is 2.71. The molecule has 1 aromatic heterocycles. The number of rotatable bonds is 2. The van der Waals surface area contributed by atoms with Crippen LogP contribution < -0.4 is 0 Å². The fraction of sp³-hybridized carbons (Fsp3) is 0.0769. The summed E-state index contributed by atoms with van der Waals surface area (Å²) in [6.07, 6.45) is 1.12. The molecule has 0 unspecified atom stereocenters. The molecule has 0 aliphatic heterocycles. The van der Waals surface area contributed by atoms with E-state index in [0.29, 0.717) is 0 Å². The molecule has 0 saturated heterocycles. The molecule has 0 atom stereocenters. The Bertz CT molecular complexity index is 753.